The van der Waals surface area contributed by atoms with Crippen LogP contribution in [-0.2, 0) is 9.59 Å². The van der Waals surface area contributed by atoms with Crippen LogP contribution >= 0.6 is 0 Å². The second kappa shape index (κ2) is 5.44. The second-order valence-corrected chi connectivity index (χ2v) is 5.92. The van der Waals surface area contributed by atoms with Crippen LogP contribution in [0.3, 0.4) is 0 Å². The number of Topliss-reactive ketones (excluding diaryl/α,β-unsaturated/α-hetero) is 2. The molecule has 0 bridgehead atoms. The van der Waals surface area contributed by atoms with Crippen LogP contribution in [0.25, 0.3) is 0 Å². The number of carbonyl (C=O) groups excluding carboxylic acids is 2. The SMILES string of the molecule is CC(=O)C1=C(C)NC2=C(C(=O)CCC2)C1c1cccc(O)c1. The number of rotatable bonds is 2. The fraction of sp³-hybridized carbons (Fsp3) is 0.333. The lowest BCUT2D eigenvalue weighted by Gasteiger charge is -2.34. The highest BCUT2D eigenvalue weighted by Crippen LogP contribution is 2.42. The number of phenols is 1. The zero-order chi connectivity index (χ0) is 15.9. The van der Waals surface area contributed by atoms with E-state index in [1.165, 1.54) is 6.92 Å². The van der Waals surface area contributed by atoms with E-state index in [2.05, 4.69) is 5.32 Å². The molecule has 0 saturated heterocycles. The van der Waals surface area contributed by atoms with Gasteiger partial charge in [0, 0.05) is 34.9 Å². The van der Waals surface area contributed by atoms with Gasteiger partial charge in [-0.2, -0.15) is 0 Å². The highest BCUT2D eigenvalue weighted by molar-refractivity contribution is 6.05. The summed E-state index contributed by atoms with van der Waals surface area (Å²) < 4.78 is 0. The van der Waals surface area contributed by atoms with Crippen LogP contribution in [0.2, 0.25) is 0 Å². The van der Waals surface area contributed by atoms with Gasteiger partial charge >= 0.3 is 0 Å². The lowest BCUT2D eigenvalue weighted by Crippen LogP contribution is -2.33. The van der Waals surface area contributed by atoms with Crippen LogP contribution in [0, 0.1) is 0 Å². The fourth-order valence-corrected chi connectivity index (χ4v) is 3.49. The molecular weight excluding hydrogens is 278 g/mol. The number of hydrogen-bond acceptors (Lipinski definition) is 4. The molecule has 0 amide bonds. The molecule has 0 saturated carbocycles. The maximum Gasteiger partial charge on any atom is 0.161 e. The van der Waals surface area contributed by atoms with Gasteiger partial charge in [-0.1, -0.05) is 12.1 Å². The summed E-state index contributed by atoms with van der Waals surface area (Å²) >= 11 is 0. The summed E-state index contributed by atoms with van der Waals surface area (Å²) in [7, 11) is 0. The van der Waals surface area contributed by atoms with Crippen molar-refractivity contribution in [2.75, 3.05) is 0 Å². The van der Waals surface area contributed by atoms with Crippen molar-refractivity contribution >= 4 is 11.6 Å². The average Bonchev–Trinajstić information content (AvgIpc) is 2.45. The molecule has 2 N–H and O–H groups in total. The number of hydrogen-bond donors (Lipinski definition) is 2. The van der Waals surface area contributed by atoms with Gasteiger partial charge in [0.2, 0.25) is 0 Å². The molecule has 1 aliphatic carbocycles. The van der Waals surface area contributed by atoms with Gasteiger partial charge in [-0.05, 0) is 44.4 Å². The second-order valence-electron chi connectivity index (χ2n) is 5.92. The third-order valence-electron chi connectivity index (χ3n) is 4.36. The summed E-state index contributed by atoms with van der Waals surface area (Å²) in [6, 6.07) is 6.83. The Labute approximate surface area is 129 Å². The van der Waals surface area contributed by atoms with Gasteiger partial charge in [-0.3, -0.25) is 9.59 Å². The van der Waals surface area contributed by atoms with E-state index >= 15 is 0 Å². The Hall–Kier alpha value is -2.36. The molecule has 0 spiro atoms. The Morgan fingerprint density at radius 1 is 1.32 bits per heavy atom. The minimum absolute atomic E-state index is 0.0525. The largest absolute Gasteiger partial charge is 0.508 e. The topological polar surface area (TPSA) is 66.4 Å². The molecule has 1 aromatic carbocycles. The van der Waals surface area contributed by atoms with Gasteiger partial charge in [-0.15, -0.1) is 0 Å². The molecule has 3 rings (SSSR count). The molecule has 4 heteroatoms. The van der Waals surface area contributed by atoms with Gasteiger partial charge < -0.3 is 10.4 Å². The van der Waals surface area contributed by atoms with Crippen molar-refractivity contribution in [1.82, 2.24) is 5.32 Å². The van der Waals surface area contributed by atoms with Crippen molar-refractivity contribution in [1.29, 1.82) is 0 Å². The van der Waals surface area contributed by atoms with Crippen LogP contribution in [-0.4, -0.2) is 16.7 Å². The molecule has 1 heterocycles. The van der Waals surface area contributed by atoms with Crippen molar-refractivity contribution in [2.24, 2.45) is 0 Å². The molecule has 0 radical (unpaired) electrons. The molecule has 4 nitrogen and oxygen atoms in total. The summed E-state index contributed by atoms with van der Waals surface area (Å²) in [6.07, 6.45) is 2.17. The maximum absolute atomic E-state index is 12.5. The number of dihydropyridines is 1. The number of carbonyl (C=O) groups is 2. The summed E-state index contributed by atoms with van der Waals surface area (Å²) in [6.45, 7) is 3.39. The first kappa shape index (κ1) is 14.6. The Bertz CT molecular complexity index is 728. The minimum atomic E-state index is -0.381. The Morgan fingerprint density at radius 3 is 2.77 bits per heavy atom. The van der Waals surface area contributed by atoms with E-state index in [0.717, 1.165) is 29.8 Å². The Balaban J connectivity index is 2.21. The number of allylic oxidation sites excluding steroid dienone is 4. The summed E-state index contributed by atoms with van der Waals surface area (Å²) in [5.41, 5.74) is 3.81. The molecule has 114 valence electrons. The van der Waals surface area contributed by atoms with E-state index in [9.17, 15) is 14.7 Å². The van der Waals surface area contributed by atoms with Crippen LogP contribution in [0.4, 0.5) is 0 Å². The van der Waals surface area contributed by atoms with E-state index in [1.54, 1.807) is 18.2 Å². The van der Waals surface area contributed by atoms with Gasteiger partial charge in [0.15, 0.2) is 11.6 Å². The zero-order valence-corrected chi connectivity index (χ0v) is 12.8. The molecule has 2 aliphatic rings. The van der Waals surface area contributed by atoms with Crippen molar-refractivity contribution in [2.45, 2.75) is 39.0 Å². The van der Waals surface area contributed by atoms with E-state index in [-0.39, 0.29) is 23.2 Å². The van der Waals surface area contributed by atoms with Crippen LogP contribution in [0.1, 0.15) is 44.6 Å². The van der Waals surface area contributed by atoms with Crippen LogP contribution in [0.5, 0.6) is 5.75 Å². The summed E-state index contributed by atoms with van der Waals surface area (Å²) in [4.78, 5) is 24.6. The van der Waals surface area contributed by atoms with E-state index < -0.39 is 0 Å². The van der Waals surface area contributed by atoms with E-state index in [0.29, 0.717) is 17.6 Å². The van der Waals surface area contributed by atoms with Gasteiger partial charge in [-0.25, -0.2) is 0 Å². The lowest BCUT2D eigenvalue weighted by atomic mass is 9.74. The predicted octanol–water partition coefficient (Wildman–Crippen LogP) is 2.95. The van der Waals surface area contributed by atoms with Crippen molar-refractivity contribution < 1.29 is 14.7 Å². The number of aromatic hydroxyl groups is 1. The molecule has 1 unspecified atom stereocenters. The molecular formula is C18H19NO3. The van der Waals surface area contributed by atoms with Gasteiger partial charge in [0.1, 0.15) is 5.75 Å². The van der Waals surface area contributed by atoms with Crippen LogP contribution < -0.4 is 5.32 Å². The van der Waals surface area contributed by atoms with E-state index in [4.69, 9.17) is 0 Å². The highest BCUT2D eigenvalue weighted by atomic mass is 16.3. The highest BCUT2D eigenvalue weighted by Gasteiger charge is 2.37. The van der Waals surface area contributed by atoms with Crippen molar-refractivity contribution in [3.8, 4) is 5.75 Å². The van der Waals surface area contributed by atoms with Crippen LogP contribution in [0.15, 0.2) is 46.8 Å². The monoisotopic (exact) mass is 297 g/mol. The first-order chi connectivity index (χ1) is 10.5. The summed E-state index contributed by atoms with van der Waals surface area (Å²) in [5, 5.41) is 13.0. The smallest absolute Gasteiger partial charge is 0.161 e. The normalized spacial score (nSPS) is 21.5. The minimum Gasteiger partial charge on any atom is -0.508 e. The van der Waals surface area contributed by atoms with E-state index in [1.807, 2.05) is 13.0 Å². The number of ketones is 2. The first-order valence-corrected chi connectivity index (χ1v) is 7.53. The third-order valence-corrected chi connectivity index (χ3v) is 4.36. The molecule has 0 aromatic heterocycles. The fourth-order valence-electron chi connectivity index (χ4n) is 3.49. The summed E-state index contributed by atoms with van der Waals surface area (Å²) in [5.74, 6) is -0.202. The molecule has 1 aliphatic heterocycles. The number of benzene rings is 1. The van der Waals surface area contributed by atoms with Crippen molar-refractivity contribution in [3.05, 3.63) is 52.4 Å². The maximum atomic E-state index is 12.5. The third kappa shape index (κ3) is 2.34. The molecule has 22 heavy (non-hydrogen) atoms. The Kier molecular flexibility index (Phi) is 3.61. The molecule has 0 fully saturated rings. The first-order valence-electron chi connectivity index (χ1n) is 7.53. The zero-order valence-electron chi connectivity index (χ0n) is 12.8. The predicted molar refractivity (Wildman–Crippen MR) is 83.2 cm³/mol. The lowest BCUT2D eigenvalue weighted by molar-refractivity contribution is -0.116. The average molecular weight is 297 g/mol. The standard InChI is InChI=1S/C18H19NO3/c1-10-16(11(2)20)17(12-5-3-6-13(21)9-12)18-14(19-10)7-4-8-15(18)22/h3,5-6,9,17,19,21H,4,7-8H2,1-2H3. The number of nitrogens with one attached hydrogen (secondary N) is 1. The quantitative estimate of drug-likeness (QED) is 0.881. The van der Waals surface area contributed by atoms with Gasteiger partial charge in [0.05, 0.1) is 0 Å². The van der Waals surface area contributed by atoms with Crippen molar-refractivity contribution in [3.63, 3.8) is 0 Å². The number of phenolic OH excluding ortho intramolecular Hbond substituents is 1. The Morgan fingerprint density at radius 2 is 2.09 bits per heavy atom. The van der Waals surface area contributed by atoms with Gasteiger partial charge in [0.25, 0.3) is 0 Å². The molecule has 1 aromatic rings. The molecule has 1 atom stereocenters.